The van der Waals surface area contributed by atoms with Crippen molar-refractivity contribution in [1.29, 1.82) is 0 Å². The van der Waals surface area contributed by atoms with E-state index in [9.17, 15) is 9.59 Å². The lowest BCUT2D eigenvalue weighted by molar-refractivity contribution is -0.141. The molecule has 1 aliphatic rings. The van der Waals surface area contributed by atoms with Crippen LogP contribution in [0.2, 0.25) is 0 Å². The van der Waals surface area contributed by atoms with Crippen LogP contribution in [0, 0.1) is 5.92 Å². The Morgan fingerprint density at radius 1 is 1.48 bits per heavy atom. The van der Waals surface area contributed by atoms with E-state index in [4.69, 9.17) is 14.9 Å². The van der Waals surface area contributed by atoms with Crippen LogP contribution in [0.25, 0.3) is 0 Å². The average Bonchev–Trinajstić information content (AvgIpc) is 2.49. The first-order valence-electron chi connectivity index (χ1n) is 6.78. The fourth-order valence-electron chi connectivity index (χ4n) is 1.78. The molecule has 0 amide bonds. The van der Waals surface area contributed by atoms with Crippen molar-refractivity contribution in [3.8, 4) is 0 Å². The minimum Gasteiger partial charge on any atom is -0.482 e. The summed E-state index contributed by atoms with van der Waals surface area (Å²) in [6, 6.07) is 0.0371. The molecule has 1 heterocycles. The highest BCUT2D eigenvalue weighted by Gasteiger charge is 2.14. The van der Waals surface area contributed by atoms with Crippen LogP contribution in [0.1, 0.15) is 26.7 Å². The van der Waals surface area contributed by atoms with E-state index in [1.807, 2.05) is 19.2 Å². The van der Waals surface area contributed by atoms with Gasteiger partial charge in [0.1, 0.15) is 5.76 Å². The van der Waals surface area contributed by atoms with Gasteiger partial charge in [-0.15, -0.1) is 0 Å². The molecule has 0 aromatic rings. The fraction of sp³-hybridized carbons (Fsp3) is 0.467. The first-order valence-corrected chi connectivity index (χ1v) is 6.78. The van der Waals surface area contributed by atoms with Crippen molar-refractivity contribution in [2.75, 3.05) is 6.61 Å². The third kappa shape index (κ3) is 6.65. The molecular weight excluding hydrogens is 274 g/mol. The van der Waals surface area contributed by atoms with Gasteiger partial charge in [-0.25, -0.2) is 4.79 Å². The van der Waals surface area contributed by atoms with Crippen LogP contribution in [0.15, 0.2) is 35.8 Å². The monoisotopic (exact) mass is 295 g/mol. The Balaban J connectivity index is 2.79. The predicted octanol–water partition coefficient (Wildman–Crippen LogP) is 1.90. The van der Waals surface area contributed by atoms with Crippen molar-refractivity contribution in [1.82, 2.24) is 5.32 Å². The van der Waals surface area contributed by atoms with Gasteiger partial charge in [0.15, 0.2) is 6.61 Å². The number of hydrogen-bond donors (Lipinski definition) is 3. The molecule has 0 aliphatic carbocycles. The van der Waals surface area contributed by atoms with E-state index in [1.54, 1.807) is 19.1 Å². The minimum absolute atomic E-state index is 0.0371. The van der Waals surface area contributed by atoms with Crippen LogP contribution >= 0.6 is 0 Å². The molecule has 0 saturated heterocycles. The molecule has 3 N–H and O–H groups in total. The molecule has 0 bridgehead atoms. The molecule has 6 heteroatoms. The van der Waals surface area contributed by atoms with Crippen molar-refractivity contribution in [3.05, 3.63) is 35.8 Å². The summed E-state index contributed by atoms with van der Waals surface area (Å²) in [4.78, 5) is 21.5. The molecule has 2 atom stereocenters. The molecular formula is C15H21NO5. The van der Waals surface area contributed by atoms with Crippen LogP contribution in [-0.4, -0.2) is 34.8 Å². The molecule has 1 aliphatic heterocycles. The Bertz CT molecular complexity index is 478. The van der Waals surface area contributed by atoms with Crippen molar-refractivity contribution >= 4 is 11.9 Å². The van der Waals surface area contributed by atoms with E-state index >= 15 is 0 Å². The first-order chi connectivity index (χ1) is 9.88. The number of hydrogen-bond acceptors (Lipinski definition) is 4. The number of carboxylic acids is 2. The highest BCUT2D eigenvalue weighted by atomic mass is 16.5. The Hall–Kier alpha value is -2.24. The number of carbonyl (C=O) groups is 2. The van der Waals surface area contributed by atoms with E-state index in [-0.39, 0.29) is 6.04 Å². The normalized spacial score (nSPS) is 26.5. The molecule has 21 heavy (non-hydrogen) atoms. The molecule has 6 nitrogen and oxygen atoms in total. The second-order valence-corrected chi connectivity index (χ2v) is 5.05. The maximum absolute atomic E-state index is 10.9. The van der Waals surface area contributed by atoms with Crippen molar-refractivity contribution in [2.45, 2.75) is 32.7 Å². The zero-order valence-corrected chi connectivity index (χ0v) is 12.2. The standard InChI is InChI=1S/C15H21NO5/c1-10(15(19)20)7-12-4-6-13(21-9-14(17)18)5-3-11(2)16-8-12/h3,5-6,8,10-11,16H,4,7,9H2,1-2H3,(H,17,18)(H,19,20)/b5-3-,12-8+,13-6+. The number of rotatable bonds is 6. The number of ether oxygens (including phenoxy) is 1. The van der Waals surface area contributed by atoms with Gasteiger partial charge in [0.2, 0.25) is 0 Å². The van der Waals surface area contributed by atoms with E-state index < -0.39 is 24.5 Å². The summed E-state index contributed by atoms with van der Waals surface area (Å²) < 4.78 is 5.19. The lowest BCUT2D eigenvalue weighted by atomic mass is 9.99. The smallest absolute Gasteiger partial charge is 0.341 e. The van der Waals surface area contributed by atoms with Gasteiger partial charge in [0.05, 0.1) is 5.92 Å². The van der Waals surface area contributed by atoms with Gasteiger partial charge < -0.3 is 20.3 Å². The highest BCUT2D eigenvalue weighted by molar-refractivity contribution is 5.70. The van der Waals surface area contributed by atoms with E-state index in [1.165, 1.54) is 0 Å². The highest BCUT2D eigenvalue weighted by Crippen LogP contribution is 2.18. The largest absolute Gasteiger partial charge is 0.482 e. The predicted molar refractivity (Wildman–Crippen MR) is 77.5 cm³/mol. The summed E-state index contributed by atoms with van der Waals surface area (Å²) in [6.07, 6.45) is 8.10. The number of carboxylic acid groups (broad SMARTS) is 2. The summed E-state index contributed by atoms with van der Waals surface area (Å²) in [5.74, 6) is -1.88. The molecule has 0 aromatic carbocycles. The van der Waals surface area contributed by atoms with Crippen LogP contribution in [0.4, 0.5) is 0 Å². The van der Waals surface area contributed by atoms with E-state index in [0.29, 0.717) is 18.6 Å². The van der Waals surface area contributed by atoms with Gasteiger partial charge in [-0.05, 0) is 43.7 Å². The molecule has 0 aromatic heterocycles. The lowest BCUT2D eigenvalue weighted by Crippen LogP contribution is -2.19. The summed E-state index contributed by atoms with van der Waals surface area (Å²) in [6.45, 7) is 3.19. The Morgan fingerprint density at radius 2 is 2.19 bits per heavy atom. The summed E-state index contributed by atoms with van der Waals surface area (Å²) in [5, 5.41) is 20.8. The molecule has 0 spiro atoms. The summed E-state index contributed by atoms with van der Waals surface area (Å²) in [5.41, 5.74) is 0.928. The third-order valence-electron chi connectivity index (χ3n) is 3.02. The van der Waals surface area contributed by atoms with Crippen LogP contribution < -0.4 is 5.32 Å². The molecule has 2 unspecified atom stereocenters. The third-order valence-corrected chi connectivity index (χ3v) is 3.02. The molecule has 0 radical (unpaired) electrons. The topological polar surface area (TPSA) is 95.9 Å². The van der Waals surface area contributed by atoms with Crippen LogP contribution in [0.5, 0.6) is 0 Å². The second kappa shape index (κ2) is 8.14. The maximum atomic E-state index is 10.9. The minimum atomic E-state index is -1.04. The SMILES string of the molecule is CC1/C=C\C(OCC(=O)O)=C/C/C(CC(C)C(=O)O)=C\N1. The van der Waals surface area contributed by atoms with Crippen molar-refractivity contribution in [3.63, 3.8) is 0 Å². The number of aliphatic carboxylic acids is 2. The van der Waals surface area contributed by atoms with Gasteiger partial charge in [0.25, 0.3) is 0 Å². The van der Waals surface area contributed by atoms with E-state index in [2.05, 4.69) is 5.32 Å². The first kappa shape index (κ1) is 16.8. The summed E-state index contributed by atoms with van der Waals surface area (Å²) >= 11 is 0. The Kier molecular flexibility index (Phi) is 6.52. The average molecular weight is 295 g/mol. The number of nitrogens with one attached hydrogen (secondary N) is 1. The molecule has 0 fully saturated rings. The lowest BCUT2D eigenvalue weighted by Gasteiger charge is -2.11. The number of allylic oxidation sites excluding steroid dienone is 3. The van der Waals surface area contributed by atoms with Gasteiger partial charge in [-0.1, -0.05) is 13.0 Å². The van der Waals surface area contributed by atoms with Crippen LogP contribution in [0.3, 0.4) is 0 Å². The molecule has 1 rings (SSSR count). The van der Waals surface area contributed by atoms with Gasteiger partial charge >= 0.3 is 11.9 Å². The van der Waals surface area contributed by atoms with Crippen molar-refractivity contribution < 1.29 is 24.5 Å². The van der Waals surface area contributed by atoms with Gasteiger partial charge in [0, 0.05) is 6.04 Å². The van der Waals surface area contributed by atoms with Gasteiger partial charge in [-0.2, -0.15) is 0 Å². The fourth-order valence-corrected chi connectivity index (χ4v) is 1.78. The maximum Gasteiger partial charge on any atom is 0.341 e. The molecule has 116 valence electrons. The van der Waals surface area contributed by atoms with E-state index in [0.717, 1.165) is 5.57 Å². The quantitative estimate of drug-likeness (QED) is 0.692. The second-order valence-electron chi connectivity index (χ2n) is 5.05. The van der Waals surface area contributed by atoms with Crippen LogP contribution in [-0.2, 0) is 14.3 Å². The molecule has 0 saturated carbocycles. The van der Waals surface area contributed by atoms with Gasteiger partial charge in [-0.3, -0.25) is 4.79 Å². The summed E-state index contributed by atoms with van der Waals surface area (Å²) in [7, 11) is 0. The van der Waals surface area contributed by atoms with Crippen molar-refractivity contribution in [2.24, 2.45) is 5.92 Å². The Labute approximate surface area is 123 Å². The zero-order chi connectivity index (χ0) is 15.8. The zero-order valence-electron chi connectivity index (χ0n) is 12.2. The Morgan fingerprint density at radius 3 is 2.81 bits per heavy atom.